The SMILES string of the molecule is CC(C)(CNC(=O)NC1CCCCC1O)c1ccncc1. The maximum Gasteiger partial charge on any atom is 0.315 e. The highest BCUT2D eigenvalue weighted by Gasteiger charge is 2.26. The molecule has 1 fully saturated rings. The van der Waals surface area contributed by atoms with Gasteiger partial charge in [0.05, 0.1) is 12.1 Å². The molecule has 5 heteroatoms. The van der Waals surface area contributed by atoms with Crippen molar-refractivity contribution in [1.82, 2.24) is 15.6 Å². The van der Waals surface area contributed by atoms with Gasteiger partial charge in [-0.2, -0.15) is 0 Å². The molecule has 2 amide bonds. The lowest BCUT2D eigenvalue weighted by atomic mass is 9.85. The van der Waals surface area contributed by atoms with Gasteiger partial charge in [0, 0.05) is 24.4 Å². The second kappa shape index (κ2) is 6.89. The van der Waals surface area contributed by atoms with Gasteiger partial charge in [-0.25, -0.2) is 4.79 Å². The van der Waals surface area contributed by atoms with Crippen LogP contribution in [0.5, 0.6) is 0 Å². The van der Waals surface area contributed by atoms with Crippen LogP contribution < -0.4 is 10.6 Å². The standard InChI is InChI=1S/C16H25N3O2/c1-16(2,12-7-9-17-10-8-12)11-18-15(21)19-13-5-3-4-6-14(13)20/h7-10,13-14,20H,3-6,11H2,1-2H3,(H2,18,19,21). The molecule has 1 aliphatic carbocycles. The topological polar surface area (TPSA) is 74.2 Å². The Labute approximate surface area is 126 Å². The summed E-state index contributed by atoms with van der Waals surface area (Å²) in [5, 5.41) is 15.7. The summed E-state index contributed by atoms with van der Waals surface area (Å²) >= 11 is 0. The molecule has 1 heterocycles. The Morgan fingerprint density at radius 1 is 1.33 bits per heavy atom. The van der Waals surface area contributed by atoms with Gasteiger partial charge < -0.3 is 15.7 Å². The van der Waals surface area contributed by atoms with Crippen molar-refractivity contribution in [2.45, 2.75) is 57.1 Å². The first kappa shape index (κ1) is 15.8. The zero-order valence-corrected chi connectivity index (χ0v) is 12.8. The van der Waals surface area contributed by atoms with Crippen LogP contribution in [0, 0.1) is 0 Å². The summed E-state index contributed by atoms with van der Waals surface area (Å²) in [6.45, 7) is 4.70. The van der Waals surface area contributed by atoms with E-state index in [1.54, 1.807) is 12.4 Å². The largest absolute Gasteiger partial charge is 0.391 e. The highest BCUT2D eigenvalue weighted by molar-refractivity contribution is 5.74. The average molecular weight is 291 g/mol. The van der Waals surface area contributed by atoms with Crippen LogP contribution in [0.4, 0.5) is 4.79 Å². The number of carbonyl (C=O) groups excluding carboxylic acids is 1. The molecular formula is C16H25N3O2. The van der Waals surface area contributed by atoms with E-state index in [4.69, 9.17) is 0 Å². The zero-order valence-electron chi connectivity index (χ0n) is 12.8. The van der Waals surface area contributed by atoms with Gasteiger partial charge in [-0.1, -0.05) is 26.7 Å². The molecular weight excluding hydrogens is 266 g/mol. The zero-order chi connectivity index (χ0) is 15.3. The molecule has 3 N–H and O–H groups in total. The van der Waals surface area contributed by atoms with Crippen molar-refractivity contribution in [1.29, 1.82) is 0 Å². The van der Waals surface area contributed by atoms with Crippen LogP contribution in [0.2, 0.25) is 0 Å². The number of aromatic nitrogens is 1. The summed E-state index contributed by atoms with van der Waals surface area (Å²) in [6, 6.07) is 3.60. The lowest BCUT2D eigenvalue weighted by molar-refractivity contribution is 0.0942. The number of hydrogen-bond donors (Lipinski definition) is 3. The van der Waals surface area contributed by atoms with E-state index in [-0.39, 0.29) is 17.5 Å². The van der Waals surface area contributed by atoms with E-state index in [2.05, 4.69) is 29.5 Å². The van der Waals surface area contributed by atoms with Crippen molar-refractivity contribution in [3.8, 4) is 0 Å². The number of aliphatic hydroxyl groups is 1. The Bertz CT molecular complexity index is 462. The number of urea groups is 1. The molecule has 0 saturated heterocycles. The number of aliphatic hydroxyl groups excluding tert-OH is 1. The van der Waals surface area contributed by atoms with Gasteiger partial charge >= 0.3 is 6.03 Å². The van der Waals surface area contributed by atoms with Crippen LogP contribution in [0.15, 0.2) is 24.5 Å². The van der Waals surface area contributed by atoms with Gasteiger partial charge in [0.15, 0.2) is 0 Å². The first-order chi connectivity index (χ1) is 9.99. The summed E-state index contributed by atoms with van der Waals surface area (Å²) in [5.41, 5.74) is 0.973. The average Bonchev–Trinajstić information content (AvgIpc) is 2.49. The Morgan fingerprint density at radius 3 is 2.67 bits per heavy atom. The van der Waals surface area contributed by atoms with E-state index in [1.807, 2.05) is 12.1 Å². The number of pyridine rings is 1. The second-order valence-corrected chi connectivity index (χ2v) is 6.41. The quantitative estimate of drug-likeness (QED) is 0.794. The van der Waals surface area contributed by atoms with Gasteiger partial charge in [0.25, 0.3) is 0 Å². The number of carbonyl (C=O) groups is 1. The molecule has 2 rings (SSSR count). The fraction of sp³-hybridized carbons (Fsp3) is 0.625. The van der Waals surface area contributed by atoms with Crippen LogP contribution in [0.1, 0.15) is 45.1 Å². The maximum absolute atomic E-state index is 12.0. The number of rotatable bonds is 4. The van der Waals surface area contributed by atoms with Gasteiger partial charge in [-0.3, -0.25) is 4.98 Å². The van der Waals surface area contributed by atoms with Crippen molar-refractivity contribution in [2.24, 2.45) is 0 Å². The van der Waals surface area contributed by atoms with Crippen LogP contribution in [0.25, 0.3) is 0 Å². The van der Waals surface area contributed by atoms with Gasteiger partial charge in [0.1, 0.15) is 0 Å². The number of hydrogen-bond acceptors (Lipinski definition) is 3. The van der Waals surface area contributed by atoms with Crippen molar-refractivity contribution < 1.29 is 9.90 Å². The van der Waals surface area contributed by atoms with E-state index in [1.165, 1.54) is 0 Å². The minimum Gasteiger partial charge on any atom is -0.391 e. The van der Waals surface area contributed by atoms with E-state index in [9.17, 15) is 9.90 Å². The third-order valence-corrected chi connectivity index (χ3v) is 4.20. The molecule has 0 radical (unpaired) electrons. The van der Waals surface area contributed by atoms with Crippen LogP contribution >= 0.6 is 0 Å². The van der Waals surface area contributed by atoms with Crippen LogP contribution in [-0.2, 0) is 5.41 Å². The minimum atomic E-state index is -0.419. The molecule has 5 nitrogen and oxygen atoms in total. The molecule has 0 aromatic carbocycles. The lowest BCUT2D eigenvalue weighted by Gasteiger charge is -2.30. The third kappa shape index (κ3) is 4.43. The molecule has 116 valence electrons. The Kier molecular flexibility index (Phi) is 5.17. The predicted octanol–water partition coefficient (Wildman–Crippen LogP) is 1.96. The predicted molar refractivity (Wildman–Crippen MR) is 82.1 cm³/mol. The van der Waals surface area contributed by atoms with Crippen molar-refractivity contribution >= 4 is 6.03 Å². The summed E-state index contributed by atoms with van der Waals surface area (Å²) in [5.74, 6) is 0. The number of amides is 2. The number of nitrogens with one attached hydrogen (secondary N) is 2. The summed E-state index contributed by atoms with van der Waals surface area (Å²) < 4.78 is 0. The third-order valence-electron chi connectivity index (χ3n) is 4.20. The summed E-state index contributed by atoms with van der Waals surface area (Å²) in [6.07, 6.45) is 6.82. The van der Waals surface area contributed by atoms with E-state index in [0.29, 0.717) is 6.54 Å². The Morgan fingerprint density at radius 2 is 2.00 bits per heavy atom. The molecule has 0 spiro atoms. The molecule has 2 atom stereocenters. The Hall–Kier alpha value is -1.62. The van der Waals surface area contributed by atoms with Crippen molar-refractivity contribution in [3.05, 3.63) is 30.1 Å². The van der Waals surface area contributed by atoms with Crippen LogP contribution in [-0.4, -0.2) is 34.8 Å². The van der Waals surface area contributed by atoms with Gasteiger partial charge in [-0.15, -0.1) is 0 Å². The van der Waals surface area contributed by atoms with Crippen molar-refractivity contribution in [3.63, 3.8) is 0 Å². The number of nitrogens with zero attached hydrogens (tertiary/aromatic N) is 1. The molecule has 1 aliphatic rings. The summed E-state index contributed by atoms with van der Waals surface area (Å²) in [7, 11) is 0. The normalized spacial score (nSPS) is 22.6. The molecule has 1 aromatic rings. The van der Waals surface area contributed by atoms with Gasteiger partial charge in [0.2, 0.25) is 0 Å². The highest BCUT2D eigenvalue weighted by Crippen LogP contribution is 2.21. The van der Waals surface area contributed by atoms with E-state index >= 15 is 0 Å². The smallest absolute Gasteiger partial charge is 0.315 e. The lowest BCUT2D eigenvalue weighted by Crippen LogP contribution is -2.50. The first-order valence-electron chi connectivity index (χ1n) is 7.62. The first-order valence-corrected chi connectivity index (χ1v) is 7.62. The molecule has 0 bridgehead atoms. The van der Waals surface area contributed by atoms with E-state index < -0.39 is 6.10 Å². The van der Waals surface area contributed by atoms with Crippen LogP contribution in [0.3, 0.4) is 0 Å². The molecule has 1 saturated carbocycles. The minimum absolute atomic E-state index is 0.122. The second-order valence-electron chi connectivity index (χ2n) is 6.41. The fourth-order valence-electron chi connectivity index (χ4n) is 2.71. The monoisotopic (exact) mass is 291 g/mol. The van der Waals surface area contributed by atoms with Crippen molar-refractivity contribution in [2.75, 3.05) is 6.54 Å². The van der Waals surface area contributed by atoms with E-state index in [0.717, 1.165) is 31.2 Å². The molecule has 21 heavy (non-hydrogen) atoms. The Balaban J connectivity index is 1.83. The molecule has 1 aromatic heterocycles. The van der Waals surface area contributed by atoms with Gasteiger partial charge in [-0.05, 0) is 30.5 Å². The highest BCUT2D eigenvalue weighted by atomic mass is 16.3. The molecule has 2 unspecified atom stereocenters. The summed E-state index contributed by atoms with van der Waals surface area (Å²) in [4.78, 5) is 16.0. The fourth-order valence-corrected chi connectivity index (χ4v) is 2.71. The maximum atomic E-state index is 12.0. The molecule has 0 aliphatic heterocycles.